The van der Waals surface area contributed by atoms with E-state index in [0.717, 1.165) is 50.3 Å². The summed E-state index contributed by atoms with van der Waals surface area (Å²) in [6.07, 6.45) is 5.13. The molecule has 3 aromatic rings. The first-order valence-electron chi connectivity index (χ1n) is 12.3. The largest absolute Gasteiger partial charge is 0.382 e. The topological polar surface area (TPSA) is 108 Å². The normalized spacial score (nSPS) is 19.1. The van der Waals surface area contributed by atoms with Gasteiger partial charge in [-0.25, -0.2) is 9.97 Å². The molecule has 8 heteroatoms. The maximum Gasteiger partial charge on any atom is 0.254 e. The van der Waals surface area contributed by atoms with Gasteiger partial charge in [0.05, 0.1) is 11.9 Å². The van der Waals surface area contributed by atoms with E-state index in [4.69, 9.17) is 5.73 Å². The lowest BCUT2D eigenvalue weighted by atomic mass is 10.1. The van der Waals surface area contributed by atoms with E-state index in [2.05, 4.69) is 20.2 Å². The minimum absolute atomic E-state index is 0.0878. The first-order chi connectivity index (χ1) is 17.1. The first-order valence-corrected chi connectivity index (χ1v) is 12.3. The average molecular weight is 473 g/mol. The van der Waals surface area contributed by atoms with E-state index < -0.39 is 6.23 Å². The molecule has 2 aromatic carbocycles. The van der Waals surface area contributed by atoms with Crippen molar-refractivity contribution in [3.05, 3.63) is 72.1 Å². The zero-order chi connectivity index (χ0) is 24.2. The number of nitrogen functional groups attached to an aromatic ring is 1. The smallest absolute Gasteiger partial charge is 0.254 e. The zero-order valence-corrected chi connectivity index (χ0v) is 19.8. The number of aliphatic hydroxyl groups is 1. The van der Waals surface area contributed by atoms with Gasteiger partial charge in [-0.3, -0.25) is 4.79 Å². The molecule has 0 saturated carbocycles. The minimum Gasteiger partial charge on any atom is -0.382 e. The molecule has 182 valence electrons. The van der Waals surface area contributed by atoms with Crippen molar-refractivity contribution in [3.8, 4) is 11.3 Å². The van der Waals surface area contributed by atoms with Crippen molar-refractivity contribution in [1.29, 1.82) is 0 Å². The van der Waals surface area contributed by atoms with Gasteiger partial charge < -0.3 is 26.0 Å². The number of aromatic nitrogens is 2. The predicted molar refractivity (Wildman–Crippen MR) is 137 cm³/mol. The molecule has 2 saturated heterocycles. The molecule has 0 spiro atoms. The van der Waals surface area contributed by atoms with Crippen LogP contribution in [0.5, 0.6) is 0 Å². The van der Waals surface area contributed by atoms with Crippen LogP contribution in [0.2, 0.25) is 0 Å². The van der Waals surface area contributed by atoms with Crippen molar-refractivity contribution < 1.29 is 9.90 Å². The molecule has 2 fully saturated rings. The Hall–Kier alpha value is -3.49. The molecule has 2 aliphatic heterocycles. The van der Waals surface area contributed by atoms with Crippen LogP contribution in [0, 0.1) is 0 Å². The molecular formula is C27H32N6O2. The molecule has 0 radical (unpaired) electrons. The van der Waals surface area contributed by atoms with Gasteiger partial charge >= 0.3 is 0 Å². The highest BCUT2D eigenvalue weighted by Gasteiger charge is 2.31. The molecule has 2 unspecified atom stereocenters. The maximum atomic E-state index is 13.3. The lowest BCUT2D eigenvalue weighted by molar-refractivity contribution is 0.0709. The Morgan fingerprint density at radius 2 is 1.80 bits per heavy atom. The summed E-state index contributed by atoms with van der Waals surface area (Å²) >= 11 is 0. The summed E-state index contributed by atoms with van der Waals surface area (Å²) in [6, 6.07) is 17.1. The Balaban J connectivity index is 1.29. The number of benzene rings is 2. The van der Waals surface area contributed by atoms with E-state index in [1.165, 1.54) is 12.8 Å². The number of para-hydroxylation sites is 1. The van der Waals surface area contributed by atoms with Gasteiger partial charge in [-0.1, -0.05) is 30.3 Å². The second kappa shape index (κ2) is 10.4. The van der Waals surface area contributed by atoms with Gasteiger partial charge in [0.15, 0.2) is 6.23 Å². The van der Waals surface area contributed by atoms with Crippen LogP contribution in [0.3, 0.4) is 0 Å². The van der Waals surface area contributed by atoms with Gasteiger partial charge in [-0.2, -0.15) is 0 Å². The minimum atomic E-state index is -1.10. The van der Waals surface area contributed by atoms with E-state index in [9.17, 15) is 9.90 Å². The summed E-state index contributed by atoms with van der Waals surface area (Å²) in [5.41, 5.74) is 9.07. The van der Waals surface area contributed by atoms with Gasteiger partial charge in [-0.05, 0) is 63.0 Å². The third kappa shape index (κ3) is 5.28. The van der Waals surface area contributed by atoms with Gasteiger partial charge in [0.25, 0.3) is 5.91 Å². The highest BCUT2D eigenvalue weighted by Crippen LogP contribution is 2.26. The van der Waals surface area contributed by atoms with E-state index in [1.807, 2.05) is 59.5 Å². The van der Waals surface area contributed by atoms with E-state index in [1.54, 1.807) is 6.20 Å². The average Bonchev–Trinajstić information content (AvgIpc) is 3.57. The van der Waals surface area contributed by atoms with Crippen LogP contribution in [0.15, 0.2) is 60.8 Å². The fraction of sp³-hybridized carbons (Fsp3) is 0.370. The Bertz CT molecular complexity index is 1150. The first kappa shape index (κ1) is 23.3. The number of nitrogens with one attached hydrogen (secondary N) is 1. The molecule has 4 N–H and O–H groups in total. The Morgan fingerprint density at radius 1 is 1.06 bits per heavy atom. The molecule has 8 nitrogen and oxygen atoms in total. The summed E-state index contributed by atoms with van der Waals surface area (Å²) in [4.78, 5) is 26.6. The molecule has 1 aromatic heterocycles. The number of hydrogen-bond acceptors (Lipinski definition) is 7. The number of rotatable bonds is 7. The van der Waals surface area contributed by atoms with E-state index in [0.29, 0.717) is 17.3 Å². The molecule has 2 aliphatic rings. The number of hydrogen-bond donors (Lipinski definition) is 3. The van der Waals surface area contributed by atoms with Crippen LogP contribution in [0.25, 0.3) is 11.3 Å². The van der Waals surface area contributed by atoms with Crippen molar-refractivity contribution in [2.75, 3.05) is 37.2 Å². The Morgan fingerprint density at radius 3 is 2.54 bits per heavy atom. The highest BCUT2D eigenvalue weighted by atomic mass is 16.3. The molecule has 0 bridgehead atoms. The summed E-state index contributed by atoms with van der Waals surface area (Å²) in [6.45, 7) is 4.09. The van der Waals surface area contributed by atoms with Crippen molar-refractivity contribution in [2.24, 2.45) is 0 Å². The SMILES string of the molecule is Nc1ncc(-c2ccc(C(=O)N3CCCC3CN3CCCC3)cc2)nc1C(O)Nc1ccccc1. The number of anilines is 2. The van der Waals surface area contributed by atoms with Gasteiger partial charge in [0.2, 0.25) is 0 Å². The third-order valence-electron chi connectivity index (χ3n) is 6.90. The summed E-state index contributed by atoms with van der Waals surface area (Å²) in [5.74, 6) is 0.249. The predicted octanol–water partition coefficient (Wildman–Crippen LogP) is 3.53. The molecule has 3 heterocycles. The number of amides is 1. The third-order valence-corrected chi connectivity index (χ3v) is 6.90. The number of aliphatic hydroxyl groups excluding tert-OH is 1. The Labute approximate surface area is 205 Å². The molecule has 35 heavy (non-hydrogen) atoms. The van der Waals surface area contributed by atoms with Crippen LogP contribution in [-0.2, 0) is 0 Å². The molecular weight excluding hydrogens is 440 g/mol. The van der Waals surface area contributed by atoms with E-state index >= 15 is 0 Å². The standard InChI is InChI=1S/C27H32N6O2/c28-25-24(26(34)30-21-7-2-1-3-8-21)31-23(17-29-25)19-10-12-20(13-11-19)27(35)33-16-6-9-22(33)18-32-14-4-5-15-32/h1-3,7-8,10-13,17,22,26,30,34H,4-6,9,14-16,18H2,(H2,28,29). The Kier molecular flexibility index (Phi) is 6.92. The molecule has 1 amide bonds. The van der Waals surface area contributed by atoms with Crippen molar-refractivity contribution >= 4 is 17.4 Å². The molecule has 0 aliphatic carbocycles. The second-order valence-electron chi connectivity index (χ2n) is 9.32. The lowest BCUT2D eigenvalue weighted by Gasteiger charge is -2.28. The molecule has 2 atom stereocenters. The van der Waals surface area contributed by atoms with Gasteiger partial charge in [0, 0.05) is 35.9 Å². The van der Waals surface area contributed by atoms with Crippen LogP contribution in [0.4, 0.5) is 11.5 Å². The van der Waals surface area contributed by atoms with Crippen LogP contribution in [0.1, 0.15) is 48.0 Å². The van der Waals surface area contributed by atoms with Crippen LogP contribution < -0.4 is 11.1 Å². The highest BCUT2D eigenvalue weighted by molar-refractivity contribution is 5.95. The molecule has 5 rings (SSSR count). The fourth-order valence-corrected chi connectivity index (χ4v) is 5.02. The monoisotopic (exact) mass is 472 g/mol. The van der Waals surface area contributed by atoms with Crippen molar-refractivity contribution in [3.63, 3.8) is 0 Å². The number of nitrogens with zero attached hydrogens (tertiary/aromatic N) is 4. The number of likely N-dealkylation sites (tertiary alicyclic amines) is 2. The lowest BCUT2D eigenvalue weighted by Crippen LogP contribution is -2.42. The number of nitrogens with two attached hydrogens (primary N) is 1. The fourth-order valence-electron chi connectivity index (χ4n) is 5.02. The van der Waals surface area contributed by atoms with Crippen LogP contribution >= 0.6 is 0 Å². The van der Waals surface area contributed by atoms with Crippen molar-refractivity contribution in [1.82, 2.24) is 19.8 Å². The number of carbonyl (C=O) groups is 1. The second-order valence-corrected chi connectivity index (χ2v) is 9.32. The van der Waals surface area contributed by atoms with E-state index in [-0.39, 0.29) is 17.4 Å². The number of carbonyl (C=O) groups excluding carboxylic acids is 1. The summed E-state index contributed by atoms with van der Waals surface area (Å²) in [5, 5.41) is 13.6. The quantitative estimate of drug-likeness (QED) is 0.452. The van der Waals surface area contributed by atoms with Gasteiger partial charge in [0.1, 0.15) is 11.5 Å². The zero-order valence-electron chi connectivity index (χ0n) is 19.8. The van der Waals surface area contributed by atoms with Gasteiger partial charge in [-0.15, -0.1) is 0 Å². The van der Waals surface area contributed by atoms with Crippen molar-refractivity contribution in [2.45, 2.75) is 38.0 Å². The summed E-state index contributed by atoms with van der Waals surface area (Å²) in [7, 11) is 0. The summed E-state index contributed by atoms with van der Waals surface area (Å²) < 4.78 is 0. The maximum absolute atomic E-state index is 13.3. The van der Waals surface area contributed by atoms with Crippen LogP contribution in [-0.4, -0.2) is 63.0 Å².